The first-order chi connectivity index (χ1) is 12.6. The molecule has 2 aromatic rings. The van der Waals surface area contributed by atoms with Gasteiger partial charge >= 0.3 is 0 Å². The van der Waals surface area contributed by atoms with E-state index in [1.54, 1.807) is 29.4 Å². The summed E-state index contributed by atoms with van der Waals surface area (Å²) in [4.78, 5) is 30.9. The Morgan fingerprint density at radius 2 is 1.77 bits per heavy atom. The number of rotatable bonds is 6. The highest BCUT2D eigenvalue weighted by Gasteiger charge is 2.45. The van der Waals surface area contributed by atoms with E-state index in [2.05, 4.69) is 11.9 Å². The van der Waals surface area contributed by atoms with Gasteiger partial charge in [-0.3, -0.25) is 14.6 Å². The molecule has 5 nitrogen and oxygen atoms in total. The summed E-state index contributed by atoms with van der Waals surface area (Å²) in [7, 11) is 0. The Morgan fingerprint density at radius 3 is 2.42 bits per heavy atom. The Labute approximate surface area is 153 Å². The highest BCUT2D eigenvalue weighted by Crippen LogP contribution is 2.39. The van der Waals surface area contributed by atoms with Crippen molar-refractivity contribution >= 4 is 17.4 Å². The molecule has 0 aliphatic carbocycles. The number of nitrogens with zero attached hydrogens (tertiary/aromatic N) is 2. The third kappa shape index (κ3) is 3.38. The van der Waals surface area contributed by atoms with Crippen LogP contribution in [0.5, 0.6) is 0 Å². The minimum Gasteiger partial charge on any atom is -0.507 e. The molecular weight excluding hydrogens is 328 g/mol. The smallest absolute Gasteiger partial charge is 0.295 e. The maximum absolute atomic E-state index is 12.7. The summed E-state index contributed by atoms with van der Waals surface area (Å²) >= 11 is 0. The number of hydrogen-bond donors (Lipinski definition) is 1. The molecule has 1 atom stereocenters. The van der Waals surface area contributed by atoms with E-state index in [-0.39, 0.29) is 11.3 Å². The van der Waals surface area contributed by atoms with Crippen LogP contribution in [0.25, 0.3) is 5.76 Å². The molecule has 1 fully saturated rings. The molecule has 0 bridgehead atoms. The quantitative estimate of drug-likeness (QED) is 0.373. The van der Waals surface area contributed by atoms with Crippen LogP contribution in [0.4, 0.5) is 0 Å². The summed E-state index contributed by atoms with van der Waals surface area (Å²) in [6.45, 7) is 2.58. The maximum Gasteiger partial charge on any atom is 0.295 e. The van der Waals surface area contributed by atoms with Crippen LogP contribution in [0.15, 0.2) is 60.4 Å². The van der Waals surface area contributed by atoms with Crippen LogP contribution in [0, 0.1) is 0 Å². The molecule has 0 radical (unpaired) electrons. The average molecular weight is 350 g/mol. The molecule has 3 rings (SSSR count). The number of aromatic nitrogens is 1. The molecule has 1 aromatic heterocycles. The van der Waals surface area contributed by atoms with E-state index in [9.17, 15) is 14.7 Å². The second-order valence-electron chi connectivity index (χ2n) is 6.35. The monoisotopic (exact) mass is 350 g/mol. The molecule has 5 heteroatoms. The SMILES string of the molecule is CCCCCN1C(=O)C(=O)/C(=C(\O)c2ccncc2)C1c1ccccc1. The van der Waals surface area contributed by atoms with E-state index in [0.717, 1.165) is 24.8 Å². The number of carbonyl (C=O) groups is 2. The summed E-state index contributed by atoms with van der Waals surface area (Å²) in [6, 6.07) is 12.1. The maximum atomic E-state index is 12.7. The van der Waals surface area contributed by atoms with E-state index in [1.165, 1.54) is 0 Å². The fourth-order valence-corrected chi connectivity index (χ4v) is 3.29. The van der Waals surface area contributed by atoms with Gasteiger partial charge in [-0.15, -0.1) is 0 Å². The first-order valence-corrected chi connectivity index (χ1v) is 8.89. The number of amides is 1. The highest BCUT2D eigenvalue weighted by molar-refractivity contribution is 6.46. The molecule has 0 saturated carbocycles. The molecule has 1 unspecified atom stereocenters. The van der Waals surface area contributed by atoms with Gasteiger partial charge in [0, 0.05) is 24.5 Å². The third-order valence-corrected chi connectivity index (χ3v) is 4.61. The van der Waals surface area contributed by atoms with Crippen molar-refractivity contribution in [3.05, 3.63) is 71.6 Å². The average Bonchev–Trinajstić information content (AvgIpc) is 2.94. The van der Waals surface area contributed by atoms with Gasteiger partial charge in [0.25, 0.3) is 11.7 Å². The van der Waals surface area contributed by atoms with Crippen LogP contribution in [-0.2, 0) is 9.59 Å². The second kappa shape index (κ2) is 7.95. The van der Waals surface area contributed by atoms with Crippen LogP contribution in [0.3, 0.4) is 0 Å². The van der Waals surface area contributed by atoms with Crippen molar-refractivity contribution in [3.8, 4) is 0 Å². The number of likely N-dealkylation sites (tertiary alicyclic amines) is 1. The third-order valence-electron chi connectivity index (χ3n) is 4.61. The van der Waals surface area contributed by atoms with Gasteiger partial charge in [-0.1, -0.05) is 50.1 Å². The number of carbonyl (C=O) groups excluding carboxylic acids is 2. The van der Waals surface area contributed by atoms with Crippen LogP contribution < -0.4 is 0 Å². The van der Waals surface area contributed by atoms with E-state index in [0.29, 0.717) is 12.1 Å². The van der Waals surface area contributed by atoms with Crippen molar-refractivity contribution in [1.82, 2.24) is 9.88 Å². The number of benzene rings is 1. The number of ketones is 1. The van der Waals surface area contributed by atoms with Crippen LogP contribution in [0.2, 0.25) is 0 Å². The van der Waals surface area contributed by atoms with Crippen molar-refractivity contribution < 1.29 is 14.7 Å². The Bertz CT molecular complexity index is 816. The Kier molecular flexibility index (Phi) is 5.46. The molecule has 0 spiro atoms. The van der Waals surface area contributed by atoms with E-state index >= 15 is 0 Å². The second-order valence-corrected chi connectivity index (χ2v) is 6.35. The number of unbranched alkanes of at least 4 members (excludes halogenated alkanes) is 2. The predicted molar refractivity (Wildman–Crippen MR) is 99.2 cm³/mol. The lowest BCUT2D eigenvalue weighted by Gasteiger charge is -2.25. The van der Waals surface area contributed by atoms with Gasteiger partial charge in [-0.05, 0) is 24.1 Å². The summed E-state index contributed by atoms with van der Waals surface area (Å²) in [6.07, 6.45) is 5.92. The van der Waals surface area contributed by atoms with Gasteiger partial charge in [-0.2, -0.15) is 0 Å². The van der Waals surface area contributed by atoms with Gasteiger partial charge in [-0.25, -0.2) is 0 Å². The van der Waals surface area contributed by atoms with Gasteiger partial charge in [0.15, 0.2) is 0 Å². The first kappa shape index (κ1) is 17.9. The van der Waals surface area contributed by atoms with Crippen LogP contribution >= 0.6 is 0 Å². The molecule has 1 aliphatic rings. The summed E-state index contributed by atoms with van der Waals surface area (Å²) < 4.78 is 0. The number of aliphatic hydroxyl groups is 1. The van der Waals surface area contributed by atoms with Crippen LogP contribution in [0.1, 0.15) is 43.4 Å². The van der Waals surface area contributed by atoms with Crippen molar-refractivity contribution in [1.29, 1.82) is 0 Å². The standard InChI is InChI=1S/C21H22N2O3/c1-2-3-7-14-23-18(15-8-5-4-6-9-15)17(20(25)21(23)26)19(24)16-10-12-22-13-11-16/h4-6,8-13,18,24H,2-3,7,14H2,1H3/b19-17-. The molecule has 1 N–H and O–H groups in total. The molecule has 1 aliphatic heterocycles. The summed E-state index contributed by atoms with van der Waals surface area (Å²) in [5.41, 5.74) is 1.44. The number of pyridine rings is 1. The lowest BCUT2D eigenvalue weighted by atomic mass is 9.95. The van der Waals surface area contributed by atoms with Gasteiger partial charge < -0.3 is 10.0 Å². The lowest BCUT2D eigenvalue weighted by Crippen LogP contribution is -2.30. The van der Waals surface area contributed by atoms with E-state index < -0.39 is 17.7 Å². The fourth-order valence-electron chi connectivity index (χ4n) is 3.29. The normalized spacial score (nSPS) is 19.1. The number of aliphatic hydroxyl groups excluding tert-OH is 1. The summed E-state index contributed by atoms with van der Waals surface area (Å²) in [5.74, 6) is -1.34. The zero-order valence-electron chi connectivity index (χ0n) is 14.8. The topological polar surface area (TPSA) is 70.5 Å². The van der Waals surface area contributed by atoms with Crippen molar-refractivity contribution in [2.24, 2.45) is 0 Å². The fraction of sp³-hybridized carbons (Fsp3) is 0.286. The number of hydrogen-bond acceptors (Lipinski definition) is 4. The minimum absolute atomic E-state index is 0.142. The molecule has 134 valence electrons. The van der Waals surface area contributed by atoms with Crippen molar-refractivity contribution in [2.75, 3.05) is 6.54 Å². The molecule has 26 heavy (non-hydrogen) atoms. The predicted octanol–water partition coefficient (Wildman–Crippen LogP) is 3.69. The van der Waals surface area contributed by atoms with Crippen molar-refractivity contribution in [2.45, 2.75) is 32.2 Å². The van der Waals surface area contributed by atoms with Crippen LogP contribution in [-0.4, -0.2) is 33.2 Å². The van der Waals surface area contributed by atoms with Crippen molar-refractivity contribution in [3.63, 3.8) is 0 Å². The summed E-state index contributed by atoms with van der Waals surface area (Å²) in [5, 5.41) is 10.8. The lowest BCUT2D eigenvalue weighted by molar-refractivity contribution is -0.139. The Balaban J connectivity index is 2.09. The van der Waals surface area contributed by atoms with Gasteiger partial charge in [0.1, 0.15) is 5.76 Å². The van der Waals surface area contributed by atoms with Gasteiger partial charge in [0.05, 0.1) is 11.6 Å². The number of Topliss-reactive ketones (excluding diaryl/α,β-unsaturated/α-hetero) is 1. The van der Waals surface area contributed by atoms with E-state index in [1.807, 2.05) is 30.3 Å². The molecule has 2 heterocycles. The Hall–Kier alpha value is -2.95. The Morgan fingerprint density at radius 1 is 1.08 bits per heavy atom. The van der Waals surface area contributed by atoms with E-state index in [4.69, 9.17) is 0 Å². The molecule has 1 amide bonds. The zero-order chi connectivity index (χ0) is 18.5. The molecule has 1 aromatic carbocycles. The molecular formula is C21H22N2O3. The minimum atomic E-state index is -0.635. The van der Waals surface area contributed by atoms with Gasteiger partial charge in [0.2, 0.25) is 0 Å². The largest absolute Gasteiger partial charge is 0.507 e. The zero-order valence-corrected chi connectivity index (χ0v) is 14.8. The molecule has 1 saturated heterocycles. The highest BCUT2D eigenvalue weighted by atomic mass is 16.3. The first-order valence-electron chi connectivity index (χ1n) is 8.89.